The minimum atomic E-state index is -0.334. The third kappa shape index (κ3) is 2.97. The maximum absolute atomic E-state index is 12.9. The lowest BCUT2D eigenvalue weighted by molar-refractivity contribution is -0.125. The number of fused-ring (bicyclic) bond motifs is 1. The van der Waals surface area contributed by atoms with E-state index in [0.29, 0.717) is 6.67 Å². The Kier molecular flexibility index (Phi) is 4.63. The molecule has 2 saturated heterocycles. The number of likely N-dealkylation sites (tertiary alicyclic amines) is 1. The predicted octanol–water partition coefficient (Wildman–Crippen LogP) is 3.77. The predicted molar refractivity (Wildman–Crippen MR) is 109 cm³/mol. The average Bonchev–Trinajstić information content (AvgIpc) is 3.15. The number of anilines is 1. The number of carbonyl (C=O) groups is 1. The van der Waals surface area contributed by atoms with Crippen molar-refractivity contribution in [3.63, 3.8) is 0 Å². The van der Waals surface area contributed by atoms with E-state index in [1.807, 2.05) is 6.07 Å². The highest BCUT2D eigenvalue weighted by Crippen LogP contribution is 2.45. The fraction of sp³-hybridized carbons (Fsp3) is 0.696. The van der Waals surface area contributed by atoms with E-state index in [1.165, 1.54) is 50.6 Å². The smallest absolute Gasteiger partial charge is 0.247 e. The number of nitrogens with one attached hydrogen (secondary N) is 1. The fourth-order valence-electron chi connectivity index (χ4n) is 6.59. The number of nitrogens with zero attached hydrogens (tertiary/aromatic N) is 2. The van der Waals surface area contributed by atoms with Crippen molar-refractivity contribution in [2.75, 3.05) is 24.7 Å². The summed E-state index contributed by atoms with van der Waals surface area (Å²) in [6.45, 7) is 2.80. The summed E-state index contributed by atoms with van der Waals surface area (Å²) in [5.74, 6) is 2.14. The molecule has 27 heavy (non-hydrogen) atoms. The van der Waals surface area contributed by atoms with Crippen LogP contribution in [0.3, 0.4) is 0 Å². The van der Waals surface area contributed by atoms with Crippen LogP contribution < -0.4 is 10.2 Å². The van der Waals surface area contributed by atoms with Crippen molar-refractivity contribution < 1.29 is 4.79 Å². The molecular weight excluding hydrogens is 334 g/mol. The van der Waals surface area contributed by atoms with Crippen LogP contribution in [0.4, 0.5) is 5.69 Å². The number of hydrogen-bond acceptors (Lipinski definition) is 3. The number of para-hydroxylation sites is 1. The van der Waals surface area contributed by atoms with Crippen LogP contribution in [0.15, 0.2) is 30.3 Å². The summed E-state index contributed by atoms with van der Waals surface area (Å²) in [4.78, 5) is 18.0. The number of carbonyl (C=O) groups excluding carboxylic acids is 1. The molecule has 1 spiro atoms. The van der Waals surface area contributed by atoms with E-state index in [9.17, 15) is 4.79 Å². The van der Waals surface area contributed by atoms with Gasteiger partial charge in [0, 0.05) is 24.8 Å². The second-order valence-corrected chi connectivity index (χ2v) is 9.20. The Hall–Kier alpha value is -1.55. The molecule has 0 radical (unpaired) electrons. The van der Waals surface area contributed by atoms with Crippen LogP contribution in [0, 0.1) is 11.8 Å². The number of benzene rings is 1. The van der Waals surface area contributed by atoms with Crippen molar-refractivity contribution in [3.05, 3.63) is 30.3 Å². The standard InChI is InChI=1S/C23H33N3O/c27-22-23(26(17-24-22)19-8-4-2-5-9-19)13-15-25(16-14-23)21-12-11-18-7-3-1-6-10-20(18)21/h2,4-5,8-9,18,20-21H,1,3,6-7,10-17H2,(H,24,27)/t18-,20-,21?/m1/s1. The lowest BCUT2D eigenvalue weighted by Gasteiger charge is -2.46. The largest absolute Gasteiger partial charge is 0.339 e. The first-order valence-corrected chi connectivity index (χ1v) is 11.1. The highest BCUT2D eigenvalue weighted by atomic mass is 16.2. The van der Waals surface area contributed by atoms with Crippen LogP contribution in [0.2, 0.25) is 0 Å². The van der Waals surface area contributed by atoms with E-state index in [-0.39, 0.29) is 11.4 Å². The molecule has 146 valence electrons. The summed E-state index contributed by atoms with van der Waals surface area (Å²) in [5.41, 5.74) is 0.841. The highest BCUT2D eigenvalue weighted by molar-refractivity contribution is 5.93. The van der Waals surface area contributed by atoms with Gasteiger partial charge >= 0.3 is 0 Å². The van der Waals surface area contributed by atoms with Gasteiger partial charge in [-0.1, -0.05) is 43.9 Å². The van der Waals surface area contributed by atoms with E-state index in [1.54, 1.807) is 0 Å². The van der Waals surface area contributed by atoms with Crippen LogP contribution in [-0.4, -0.2) is 42.1 Å². The third-order valence-corrected chi connectivity index (χ3v) is 8.04. The van der Waals surface area contributed by atoms with Crippen molar-refractivity contribution in [2.45, 2.75) is 69.4 Å². The molecule has 4 aliphatic rings. The summed E-state index contributed by atoms with van der Waals surface area (Å²) in [6, 6.07) is 11.3. The molecule has 5 rings (SSSR count). The van der Waals surface area contributed by atoms with Gasteiger partial charge in [-0.05, 0) is 56.1 Å². The normalized spacial score (nSPS) is 33.7. The molecular formula is C23H33N3O. The highest BCUT2D eigenvalue weighted by Gasteiger charge is 2.52. The van der Waals surface area contributed by atoms with Gasteiger partial charge in [-0.2, -0.15) is 0 Å². The van der Waals surface area contributed by atoms with Gasteiger partial charge in [-0.25, -0.2) is 0 Å². The first-order valence-electron chi connectivity index (χ1n) is 11.1. The maximum Gasteiger partial charge on any atom is 0.247 e. The molecule has 2 saturated carbocycles. The fourth-order valence-corrected chi connectivity index (χ4v) is 6.59. The van der Waals surface area contributed by atoms with E-state index < -0.39 is 0 Å². The van der Waals surface area contributed by atoms with Crippen molar-refractivity contribution in [2.24, 2.45) is 11.8 Å². The zero-order chi connectivity index (χ0) is 18.3. The van der Waals surface area contributed by atoms with Crippen LogP contribution in [-0.2, 0) is 4.79 Å². The van der Waals surface area contributed by atoms with Gasteiger partial charge in [0.1, 0.15) is 5.54 Å². The lowest BCUT2D eigenvalue weighted by Crippen LogP contribution is -2.58. The molecule has 1 aromatic rings. The number of amides is 1. The van der Waals surface area contributed by atoms with Crippen molar-refractivity contribution in [1.29, 1.82) is 0 Å². The van der Waals surface area contributed by atoms with Gasteiger partial charge in [0.2, 0.25) is 5.91 Å². The molecule has 1 aromatic carbocycles. The Bertz CT molecular complexity index is 667. The van der Waals surface area contributed by atoms with Crippen molar-refractivity contribution >= 4 is 11.6 Å². The summed E-state index contributed by atoms with van der Waals surface area (Å²) in [7, 11) is 0. The molecule has 2 heterocycles. The molecule has 3 atom stereocenters. The molecule has 2 aliphatic heterocycles. The summed E-state index contributed by atoms with van der Waals surface area (Å²) in [5, 5.41) is 3.14. The molecule has 4 nitrogen and oxygen atoms in total. The Morgan fingerprint density at radius 1 is 0.926 bits per heavy atom. The third-order valence-electron chi connectivity index (χ3n) is 8.04. The second-order valence-electron chi connectivity index (χ2n) is 9.20. The average molecular weight is 368 g/mol. The molecule has 1 amide bonds. The van der Waals surface area contributed by atoms with Crippen LogP contribution >= 0.6 is 0 Å². The zero-order valence-corrected chi connectivity index (χ0v) is 16.4. The SMILES string of the molecule is O=C1NCN(c2ccccc2)C12CCN(C1CC[C@H]3CCCCC[C@@H]13)CC2. The minimum Gasteiger partial charge on any atom is -0.339 e. The monoisotopic (exact) mass is 367 g/mol. The van der Waals surface area contributed by atoms with E-state index in [4.69, 9.17) is 0 Å². The first kappa shape index (κ1) is 17.5. The first-order chi connectivity index (χ1) is 13.3. The Balaban J connectivity index is 1.31. The lowest BCUT2D eigenvalue weighted by atomic mass is 9.83. The quantitative estimate of drug-likeness (QED) is 0.864. The maximum atomic E-state index is 12.9. The zero-order valence-electron chi connectivity index (χ0n) is 16.4. The van der Waals surface area contributed by atoms with Crippen LogP contribution in [0.1, 0.15) is 57.8 Å². The van der Waals surface area contributed by atoms with Gasteiger partial charge in [0.05, 0.1) is 6.67 Å². The van der Waals surface area contributed by atoms with Gasteiger partial charge in [0.15, 0.2) is 0 Å². The Morgan fingerprint density at radius 2 is 1.70 bits per heavy atom. The molecule has 1 N–H and O–H groups in total. The van der Waals surface area contributed by atoms with E-state index >= 15 is 0 Å². The topological polar surface area (TPSA) is 35.6 Å². The van der Waals surface area contributed by atoms with Gasteiger partial charge in [0.25, 0.3) is 0 Å². The molecule has 1 unspecified atom stereocenters. The summed E-state index contributed by atoms with van der Waals surface area (Å²) in [6.07, 6.45) is 12.0. The van der Waals surface area contributed by atoms with Crippen LogP contribution in [0.5, 0.6) is 0 Å². The summed E-state index contributed by atoms with van der Waals surface area (Å²) >= 11 is 0. The van der Waals surface area contributed by atoms with Crippen molar-refractivity contribution in [3.8, 4) is 0 Å². The van der Waals surface area contributed by atoms with Gasteiger partial charge in [-0.3, -0.25) is 9.69 Å². The molecule has 4 fully saturated rings. The van der Waals surface area contributed by atoms with Crippen molar-refractivity contribution in [1.82, 2.24) is 10.2 Å². The molecule has 0 bridgehead atoms. The van der Waals surface area contributed by atoms with E-state index in [0.717, 1.165) is 43.8 Å². The molecule has 2 aliphatic carbocycles. The number of piperidine rings is 1. The van der Waals surface area contributed by atoms with Gasteiger partial charge in [-0.15, -0.1) is 0 Å². The molecule has 0 aromatic heterocycles. The van der Waals surface area contributed by atoms with E-state index in [2.05, 4.69) is 39.4 Å². The minimum absolute atomic E-state index is 0.241. The Morgan fingerprint density at radius 3 is 2.52 bits per heavy atom. The van der Waals surface area contributed by atoms with Crippen LogP contribution in [0.25, 0.3) is 0 Å². The molecule has 4 heteroatoms. The number of rotatable bonds is 2. The Labute approximate surface area is 163 Å². The second kappa shape index (κ2) is 7.12. The van der Waals surface area contributed by atoms with Gasteiger partial charge < -0.3 is 10.2 Å². The summed E-state index contributed by atoms with van der Waals surface area (Å²) < 4.78 is 0. The number of hydrogen-bond donors (Lipinski definition) is 1.